The van der Waals surface area contributed by atoms with Crippen molar-refractivity contribution in [2.24, 2.45) is 0 Å². The summed E-state index contributed by atoms with van der Waals surface area (Å²) in [6, 6.07) is 0. The maximum atomic E-state index is 8.72. The van der Waals surface area contributed by atoms with Crippen LogP contribution in [0.2, 0.25) is 0 Å². The average molecular weight is 324 g/mol. The van der Waals surface area contributed by atoms with Crippen LogP contribution in [0.3, 0.4) is 0 Å². The molecule has 0 aliphatic heterocycles. The molecule has 2 unspecified atom stereocenters. The van der Waals surface area contributed by atoms with E-state index in [1.807, 2.05) is 0 Å². The normalized spacial score (nSPS) is 13.4. The van der Waals surface area contributed by atoms with Crippen LogP contribution in [0.25, 0.3) is 0 Å². The number of unbranched alkanes of at least 4 members (excludes halogenated alkanes) is 4. The second-order valence-corrected chi connectivity index (χ2v) is 5.24. The molecule has 0 bridgehead atoms. The molecule has 0 radical (unpaired) electrons. The van der Waals surface area contributed by atoms with E-state index in [4.69, 9.17) is 29.9 Å². The number of ether oxygens (including phenoxy) is 2. The van der Waals surface area contributed by atoms with Gasteiger partial charge in [-0.05, 0) is 12.8 Å². The summed E-state index contributed by atoms with van der Waals surface area (Å²) in [5.74, 6) is 0. The van der Waals surface area contributed by atoms with Gasteiger partial charge in [-0.1, -0.05) is 39.5 Å². The van der Waals surface area contributed by atoms with Gasteiger partial charge in [0.15, 0.2) is 0 Å². The third-order valence-corrected chi connectivity index (χ3v) is 2.83. The summed E-state index contributed by atoms with van der Waals surface area (Å²) in [7, 11) is 0. The zero-order valence-corrected chi connectivity index (χ0v) is 14.2. The molecular weight excluding hydrogens is 288 g/mol. The van der Waals surface area contributed by atoms with E-state index in [1.165, 1.54) is 38.5 Å². The van der Waals surface area contributed by atoms with Crippen LogP contribution in [0.1, 0.15) is 52.4 Å². The SMILES string of the molecule is CCCCCOCCCCC.OCC(O)COCC(O)CO. The average Bonchev–Trinajstić information content (AvgIpc) is 2.54. The first kappa shape index (κ1) is 24.0. The first-order valence-electron chi connectivity index (χ1n) is 8.35. The van der Waals surface area contributed by atoms with Crippen LogP contribution in [-0.2, 0) is 9.47 Å². The van der Waals surface area contributed by atoms with E-state index < -0.39 is 12.2 Å². The Balaban J connectivity index is 0. The topological polar surface area (TPSA) is 99.4 Å². The first-order valence-corrected chi connectivity index (χ1v) is 8.35. The highest BCUT2D eigenvalue weighted by atomic mass is 16.5. The Bertz CT molecular complexity index is 173. The summed E-state index contributed by atoms with van der Waals surface area (Å²) in [6.45, 7) is 5.58. The molecule has 0 aromatic carbocycles. The minimum Gasteiger partial charge on any atom is -0.394 e. The Morgan fingerprint density at radius 3 is 1.41 bits per heavy atom. The monoisotopic (exact) mass is 324 g/mol. The van der Waals surface area contributed by atoms with Crippen LogP contribution in [0.15, 0.2) is 0 Å². The molecule has 0 fully saturated rings. The summed E-state index contributed by atoms with van der Waals surface area (Å²) < 4.78 is 10.2. The van der Waals surface area contributed by atoms with Crippen molar-refractivity contribution in [3.63, 3.8) is 0 Å². The van der Waals surface area contributed by atoms with Gasteiger partial charge in [-0.25, -0.2) is 0 Å². The van der Waals surface area contributed by atoms with E-state index in [2.05, 4.69) is 13.8 Å². The Labute approximate surface area is 135 Å². The maximum Gasteiger partial charge on any atom is 0.100 e. The number of rotatable bonds is 14. The number of hydrogen-bond donors (Lipinski definition) is 4. The van der Waals surface area contributed by atoms with Gasteiger partial charge < -0.3 is 29.9 Å². The maximum absolute atomic E-state index is 8.72. The lowest BCUT2D eigenvalue weighted by Gasteiger charge is -2.10. The van der Waals surface area contributed by atoms with Gasteiger partial charge in [0, 0.05) is 13.2 Å². The molecular formula is C16H36O6. The van der Waals surface area contributed by atoms with Crippen molar-refractivity contribution < 1.29 is 29.9 Å². The fourth-order valence-corrected chi connectivity index (χ4v) is 1.46. The third kappa shape index (κ3) is 22.0. The molecule has 0 amide bonds. The molecule has 0 heterocycles. The molecule has 0 aliphatic carbocycles. The summed E-state index contributed by atoms with van der Waals surface area (Å²) in [5, 5.41) is 34.1. The molecule has 0 aromatic heterocycles. The van der Waals surface area contributed by atoms with E-state index in [0.29, 0.717) is 0 Å². The van der Waals surface area contributed by atoms with Crippen LogP contribution in [0.5, 0.6) is 0 Å². The van der Waals surface area contributed by atoms with Crippen LogP contribution >= 0.6 is 0 Å². The van der Waals surface area contributed by atoms with Crippen molar-refractivity contribution in [2.45, 2.75) is 64.6 Å². The van der Waals surface area contributed by atoms with E-state index >= 15 is 0 Å². The number of hydrogen-bond acceptors (Lipinski definition) is 6. The van der Waals surface area contributed by atoms with Crippen molar-refractivity contribution in [3.8, 4) is 0 Å². The predicted molar refractivity (Wildman–Crippen MR) is 86.9 cm³/mol. The lowest BCUT2D eigenvalue weighted by molar-refractivity contribution is -0.0364. The quantitative estimate of drug-likeness (QED) is 0.357. The Morgan fingerprint density at radius 2 is 1.09 bits per heavy atom. The van der Waals surface area contributed by atoms with E-state index in [1.54, 1.807) is 0 Å². The summed E-state index contributed by atoms with van der Waals surface area (Å²) in [6.07, 6.45) is 5.85. The predicted octanol–water partition coefficient (Wildman–Crippen LogP) is 1.09. The largest absolute Gasteiger partial charge is 0.394 e. The van der Waals surface area contributed by atoms with Gasteiger partial charge in [-0.15, -0.1) is 0 Å². The molecule has 4 N–H and O–H groups in total. The van der Waals surface area contributed by atoms with Crippen molar-refractivity contribution in [2.75, 3.05) is 39.6 Å². The Kier molecular flexibility index (Phi) is 22.7. The van der Waals surface area contributed by atoms with Gasteiger partial charge >= 0.3 is 0 Å². The molecule has 136 valence electrons. The van der Waals surface area contributed by atoms with Crippen LogP contribution in [0.4, 0.5) is 0 Å². The van der Waals surface area contributed by atoms with E-state index in [0.717, 1.165) is 13.2 Å². The zero-order chi connectivity index (χ0) is 17.1. The van der Waals surface area contributed by atoms with Gasteiger partial charge in [0.1, 0.15) is 12.2 Å². The summed E-state index contributed by atoms with van der Waals surface area (Å²) in [4.78, 5) is 0. The number of aliphatic hydroxyl groups excluding tert-OH is 4. The Hall–Kier alpha value is -0.240. The second-order valence-electron chi connectivity index (χ2n) is 5.24. The Morgan fingerprint density at radius 1 is 0.682 bits per heavy atom. The molecule has 2 atom stereocenters. The van der Waals surface area contributed by atoms with Gasteiger partial charge in [0.25, 0.3) is 0 Å². The highest BCUT2D eigenvalue weighted by molar-refractivity contribution is 4.52. The van der Waals surface area contributed by atoms with Gasteiger partial charge in [0.05, 0.1) is 26.4 Å². The highest BCUT2D eigenvalue weighted by Crippen LogP contribution is 1.97. The van der Waals surface area contributed by atoms with E-state index in [-0.39, 0.29) is 26.4 Å². The fraction of sp³-hybridized carbons (Fsp3) is 1.00. The van der Waals surface area contributed by atoms with Crippen molar-refractivity contribution in [1.82, 2.24) is 0 Å². The van der Waals surface area contributed by atoms with Gasteiger partial charge in [-0.2, -0.15) is 0 Å². The first-order chi connectivity index (χ1) is 10.6. The van der Waals surface area contributed by atoms with Crippen LogP contribution in [0, 0.1) is 0 Å². The second kappa shape index (κ2) is 20.8. The minimum absolute atomic E-state index is 0.0342. The molecule has 0 aliphatic rings. The molecule has 22 heavy (non-hydrogen) atoms. The molecule has 0 aromatic rings. The van der Waals surface area contributed by atoms with Crippen molar-refractivity contribution in [3.05, 3.63) is 0 Å². The van der Waals surface area contributed by atoms with Gasteiger partial charge in [-0.3, -0.25) is 0 Å². The summed E-state index contributed by atoms with van der Waals surface area (Å²) in [5.41, 5.74) is 0. The highest BCUT2D eigenvalue weighted by Gasteiger charge is 2.04. The number of aliphatic hydroxyl groups is 4. The molecule has 6 heteroatoms. The molecule has 0 saturated carbocycles. The smallest absolute Gasteiger partial charge is 0.100 e. The van der Waals surface area contributed by atoms with Crippen LogP contribution in [-0.4, -0.2) is 72.3 Å². The van der Waals surface area contributed by atoms with E-state index in [9.17, 15) is 0 Å². The zero-order valence-electron chi connectivity index (χ0n) is 14.2. The third-order valence-electron chi connectivity index (χ3n) is 2.83. The lowest BCUT2D eigenvalue weighted by Crippen LogP contribution is -2.25. The summed E-state index contributed by atoms with van der Waals surface area (Å²) >= 11 is 0. The standard InChI is InChI=1S/C10H22O.C6H14O5/c1-3-5-7-9-11-10-8-6-4-2;7-1-5(9)3-11-4-6(10)2-8/h3-10H2,1-2H3;5-10H,1-4H2. The van der Waals surface area contributed by atoms with Crippen LogP contribution < -0.4 is 0 Å². The molecule has 0 spiro atoms. The lowest BCUT2D eigenvalue weighted by atomic mass is 10.2. The molecule has 0 saturated heterocycles. The van der Waals surface area contributed by atoms with Gasteiger partial charge in [0.2, 0.25) is 0 Å². The van der Waals surface area contributed by atoms with Crippen molar-refractivity contribution in [1.29, 1.82) is 0 Å². The molecule has 0 rings (SSSR count). The molecule has 6 nitrogen and oxygen atoms in total. The van der Waals surface area contributed by atoms with Crippen molar-refractivity contribution >= 4 is 0 Å². The fourth-order valence-electron chi connectivity index (χ4n) is 1.46. The minimum atomic E-state index is -0.916.